The van der Waals surface area contributed by atoms with Crippen molar-refractivity contribution >= 4 is 15.9 Å². The van der Waals surface area contributed by atoms with Crippen LogP contribution >= 0.6 is 0 Å². The highest BCUT2D eigenvalue weighted by atomic mass is 32.2. The van der Waals surface area contributed by atoms with Crippen molar-refractivity contribution in [3.8, 4) is 5.75 Å². The van der Waals surface area contributed by atoms with Crippen LogP contribution in [-0.4, -0.2) is 34.0 Å². The number of rotatable bonds is 11. The van der Waals surface area contributed by atoms with E-state index in [4.69, 9.17) is 4.74 Å². The van der Waals surface area contributed by atoms with E-state index in [1.54, 1.807) is 19.1 Å². The third kappa shape index (κ3) is 6.87. The molecule has 0 saturated heterocycles. The summed E-state index contributed by atoms with van der Waals surface area (Å²) in [6.45, 7) is 4.39. The van der Waals surface area contributed by atoms with Crippen molar-refractivity contribution in [2.45, 2.75) is 50.5 Å². The van der Waals surface area contributed by atoms with Gasteiger partial charge >= 0.3 is 0 Å². The van der Waals surface area contributed by atoms with Crippen molar-refractivity contribution in [1.82, 2.24) is 10.0 Å². The standard InChI is InChI=1S/C22H30N2O4S/c1-4-5-9-14-23-22(25)20(16-18-10-7-6-8-11-18)24-29(26,27)19-12-13-21(28-3)17(2)15-19/h6-8,10-13,15,20,24H,4-5,9,14,16H2,1-3H3,(H,23,25)/t20-/m0/s1. The Kier molecular flexibility index (Phi) is 8.67. The molecule has 0 spiro atoms. The quantitative estimate of drug-likeness (QED) is 0.549. The van der Waals surface area contributed by atoms with Crippen molar-refractivity contribution in [2.75, 3.05) is 13.7 Å². The van der Waals surface area contributed by atoms with Crippen molar-refractivity contribution in [3.05, 3.63) is 59.7 Å². The molecule has 0 unspecified atom stereocenters. The summed E-state index contributed by atoms with van der Waals surface area (Å²) in [7, 11) is -2.34. The number of hydrogen-bond acceptors (Lipinski definition) is 4. The number of benzene rings is 2. The average Bonchev–Trinajstić information content (AvgIpc) is 2.71. The highest BCUT2D eigenvalue weighted by molar-refractivity contribution is 7.89. The van der Waals surface area contributed by atoms with E-state index >= 15 is 0 Å². The van der Waals surface area contributed by atoms with Crippen LogP contribution in [0.5, 0.6) is 5.75 Å². The summed E-state index contributed by atoms with van der Waals surface area (Å²) in [6, 6.07) is 13.1. The number of hydrogen-bond donors (Lipinski definition) is 2. The van der Waals surface area contributed by atoms with Gasteiger partial charge in [0.1, 0.15) is 11.8 Å². The largest absolute Gasteiger partial charge is 0.496 e. The summed E-state index contributed by atoms with van der Waals surface area (Å²) in [5.41, 5.74) is 1.59. The van der Waals surface area contributed by atoms with E-state index in [1.807, 2.05) is 30.3 Å². The van der Waals surface area contributed by atoms with E-state index in [-0.39, 0.29) is 17.2 Å². The SMILES string of the molecule is CCCCCNC(=O)[C@H](Cc1ccccc1)NS(=O)(=O)c1ccc(OC)c(C)c1. The molecule has 0 heterocycles. The second-order valence-corrected chi connectivity index (χ2v) is 8.71. The number of amides is 1. The molecule has 0 aliphatic rings. The predicted octanol–water partition coefficient (Wildman–Crippen LogP) is 3.20. The lowest BCUT2D eigenvalue weighted by atomic mass is 10.1. The maximum Gasteiger partial charge on any atom is 0.241 e. The highest BCUT2D eigenvalue weighted by Gasteiger charge is 2.26. The van der Waals surface area contributed by atoms with Gasteiger partial charge in [-0.05, 0) is 49.1 Å². The number of ether oxygens (including phenoxy) is 1. The smallest absolute Gasteiger partial charge is 0.241 e. The molecule has 2 aromatic rings. The van der Waals surface area contributed by atoms with Crippen LogP contribution in [0.15, 0.2) is 53.4 Å². The lowest BCUT2D eigenvalue weighted by Crippen LogP contribution is -2.48. The van der Waals surface area contributed by atoms with Gasteiger partial charge in [-0.25, -0.2) is 8.42 Å². The predicted molar refractivity (Wildman–Crippen MR) is 115 cm³/mol. The van der Waals surface area contributed by atoms with Gasteiger partial charge in [0.15, 0.2) is 0 Å². The molecule has 0 radical (unpaired) electrons. The fourth-order valence-electron chi connectivity index (χ4n) is 3.02. The minimum absolute atomic E-state index is 0.104. The van der Waals surface area contributed by atoms with Crippen LogP contribution in [0, 0.1) is 6.92 Å². The van der Waals surface area contributed by atoms with Crippen molar-refractivity contribution in [2.24, 2.45) is 0 Å². The summed E-state index contributed by atoms with van der Waals surface area (Å²) in [5, 5.41) is 2.86. The molecule has 0 aliphatic heterocycles. The number of methoxy groups -OCH3 is 1. The molecular formula is C22H30N2O4S. The third-order valence-electron chi connectivity index (χ3n) is 4.65. The van der Waals surface area contributed by atoms with Gasteiger partial charge in [0.05, 0.1) is 12.0 Å². The number of nitrogens with one attached hydrogen (secondary N) is 2. The second kappa shape index (κ2) is 11.0. The van der Waals surface area contributed by atoms with E-state index in [0.717, 1.165) is 24.8 Å². The van der Waals surface area contributed by atoms with E-state index in [1.165, 1.54) is 13.2 Å². The van der Waals surface area contributed by atoms with Crippen molar-refractivity contribution in [3.63, 3.8) is 0 Å². The second-order valence-electron chi connectivity index (χ2n) is 6.99. The molecule has 1 amide bonds. The van der Waals surface area contributed by atoms with Crippen LogP contribution in [0.25, 0.3) is 0 Å². The molecule has 2 aromatic carbocycles. The number of sulfonamides is 1. The first-order valence-electron chi connectivity index (χ1n) is 9.86. The summed E-state index contributed by atoms with van der Waals surface area (Å²) in [6.07, 6.45) is 3.20. The topological polar surface area (TPSA) is 84.5 Å². The number of unbranched alkanes of at least 4 members (excludes halogenated alkanes) is 2. The molecule has 158 valence electrons. The van der Waals surface area contributed by atoms with Crippen molar-refractivity contribution in [1.29, 1.82) is 0 Å². The van der Waals surface area contributed by atoms with E-state index in [0.29, 0.717) is 17.9 Å². The molecule has 0 bridgehead atoms. The fourth-order valence-corrected chi connectivity index (χ4v) is 4.30. The summed E-state index contributed by atoms with van der Waals surface area (Å²) in [5.74, 6) is 0.289. The lowest BCUT2D eigenvalue weighted by Gasteiger charge is -2.19. The highest BCUT2D eigenvalue weighted by Crippen LogP contribution is 2.21. The van der Waals surface area contributed by atoms with Crippen LogP contribution in [0.2, 0.25) is 0 Å². The van der Waals surface area contributed by atoms with Crippen LogP contribution in [0.4, 0.5) is 0 Å². The van der Waals surface area contributed by atoms with Gasteiger partial charge < -0.3 is 10.1 Å². The molecule has 1 atom stereocenters. The van der Waals surface area contributed by atoms with Gasteiger partial charge in [-0.1, -0.05) is 50.1 Å². The Hall–Kier alpha value is -2.38. The summed E-state index contributed by atoms with van der Waals surface area (Å²) in [4.78, 5) is 12.8. The molecular weight excluding hydrogens is 388 g/mol. The minimum Gasteiger partial charge on any atom is -0.496 e. The third-order valence-corrected chi connectivity index (χ3v) is 6.12. The summed E-state index contributed by atoms with van der Waals surface area (Å²) >= 11 is 0. The number of carbonyl (C=O) groups is 1. The molecule has 0 fully saturated rings. The summed E-state index contributed by atoms with van der Waals surface area (Å²) < 4.78 is 33.6. The first kappa shape index (κ1) is 22.9. The molecule has 0 aromatic heterocycles. The Morgan fingerprint density at radius 2 is 1.83 bits per heavy atom. The maximum atomic E-state index is 12.9. The molecule has 7 heteroatoms. The Morgan fingerprint density at radius 1 is 1.10 bits per heavy atom. The molecule has 0 saturated carbocycles. The van der Waals surface area contributed by atoms with Crippen LogP contribution in [0.3, 0.4) is 0 Å². The minimum atomic E-state index is -3.87. The Labute approximate surface area is 173 Å². The normalized spacial score (nSPS) is 12.4. The van der Waals surface area contributed by atoms with Gasteiger partial charge in [0, 0.05) is 6.54 Å². The van der Waals surface area contributed by atoms with Gasteiger partial charge in [0.25, 0.3) is 0 Å². The molecule has 0 aliphatic carbocycles. The zero-order valence-electron chi connectivity index (χ0n) is 17.3. The average molecular weight is 419 g/mol. The van der Waals surface area contributed by atoms with Crippen LogP contribution in [-0.2, 0) is 21.2 Å². The zero-order valence-corrected chi connectivity index (χ0v) is 18.1. The maximum absolute atomic E-state index is 12.9. The zero-order chi connectivity index (χ0) is 21.3. The van der Waals surface area contributed by atoms with Crippen LogP contribution in [0.1, 0.15) is 37.3 Å². The van der Waals surface area contributed by atoms with E-state index in [9.17, 15) is 13.2 Å². The van der Waals surface area contributed by atoms with Gasteiger partial charge in [0.2, 0.25) is 15.9 Å². The first-order chi connectivity index (χ1) is 13.9. The first-order valence-corrected chi connectivity index (χ1v) is 11.3. The Balaban J connectivity index is 2.20. The lowest BCUT2D eigenvalue weighted by molar-refractivity contribution is -0.122. The Morgan fingerprint density at radius 3 is 2.45 bits per heavy atom. The molecule has 6 nitrogen and oxygen atoms in total. The van der Waals surface area contributed by atoms with E-state index < -0.39 is 16.1 Å². The molecule has 29 heavy (non-hydrogen) atoms. The molecule has 2 N–H and O–H groups in total. The van der Waals surface area contributed by atoms with Crippen molar-refractivity contribution < 1.29 is 17.9 Å². The van der Waals surface area contributed by atoms with Gasteiger partial charge in [-0.3, -0.25) is 4.79 Å². The van der Waals surface area contributed by atoms with Gasteiger partial charge in [-0.15, -0.1) is 0 Å². The monoisotopic (exact) mass is 418 g/mol. The molecule has 2 rings (SSSR count). The fraction of sp³-hybridized carbons (Fsp3) is 0.409. The number of carbonyl (C=O) groups excluding carboxylic acids is 1. The van der Waals surface area contributed by atoms with Gasteiger partial charge in [-0.2, -0.15) is 4.72 Å². The van der Waals surface area contributed by atoms with E-state index in [2.05, 4.69) is 17.0 Å². The number of aryl methyl sites for hydroxylation is 1. The Bertz CT molecular complexity index is 898. The van der Waals surface area contributed by atoms with Crippen LogP contribution < -0.4 is 14.8 Å².